The molecule has 0 amide bonds. The average molecular weight is 297 g/mol. The molecule has 2 rings (SSSR count). The summed E-state index contributed by atoms with van der Waals surface area (Å²) in [7, 11) is 0. The largest absolute Gasteiger partial charge is 0.315 e. The predicted octanol–water partition coefficient (Wildman–Crippen LogP) is 2.88. The van der Waals surface area contributed by atoms with Crippen LogP contribution in [0.5, 0.6) is 0 Å². The highest BCUT2D eigenvalue weighted by atomic mass is 79.9. The Kier molecular flexibility index (Phi) is 4.23. The van der Waals surface area contributed by atoms with Crippen molar-refractivity contribution in [2.75, 3.05) is 26.2 Å². The number of benzene rings is 1. The minimum Gasteiger partial charge on any atom is -0.315 e. The molecule has 1 heterocycles. The van der Waals surface area contributed by atoms with Crippen LogP contribution < -0.4 is 5.32 Å². The summed E-state index contributed by atoms with van der Waals surface area (Å²) in [5, 5.41) is 3.51. The molecule has 1 saturated heterocycles. The Labute approximate surface area is 113 Å². The van der Waals surface area contributed by atoms with Crippen molar-refractivity contribution in [1.82, 2.24) is 10.2 Å². The van der Waals surface area contributed by atoms with Gasteiger partial charge in [0, 0.05) is 37.2 Å². The Morgan fingerprint density at radius 2 is 2.12 bits per heavy atom. The fraction of sp³-hybridized carbons (Fsp3) is 0.571. The Hall–Kier alpha value is -0.380. The van der Waals surface area contributed by atoms with Crippen molar-refractivity contribution in [2.45, 2.75) is 20.4 Å². The lowest BCUT2D eigenvalue weighted by atomic mass is 9.93. The molecular weight excluding hydrogens is 276 g/mol. The van der Waals surface area contributed by atoms with Crippen molar-refractivity contribution in [2.24, 2.45) is 5.41 Å². The van der Waals surface area contributed by atoms with Crippen molar-refractivity contribution in [3.05, 3.63) is 34.3 Å². The van der Waals surface area contributed by atoms with Crippen LogP contribution in [0.1, 0.15) is 19.4 Å². The van der Waals surface area contributed by atoms with E-state index in [1.807, 2.05) is 0 Å². The zero-order chi connectivity index (χ0) is 12.3. The summed E-state index contributed by atoms with van der Waals surface area (Å²) in [5.74, 6) is 0. The molecule has 94 valence electrons. The Balaban J connectivity index is 2.05. The van der Waals surface area contributed by atoms with Gasteiger partial charge < -0.3 is 5.32 Å². The molecule has 1 aliphatic heterocycles. The highest BCUT2D eigenvalue weighted by Crippen LogP contribution is 2.22. The molecule has 0 unspecified atom stereocenters. The minimum atomic E-state index is 0.359. The van der Waals surface area contributed by atoms with E-state index >= 15 is 0 Å². The van der Waals surface area contributed by atoms with E-state index in [4.69, 9.17) is 0 Å². The van der Waals surface area contributed by atoms with Gasteiger partial charge in [-0.25, -0.2) is 0 Å². The molecule has 2 nitrogen and oxygen atoms in total. The van der Waals surface area contributed by atoms with Crippen molar-refractivity contribution < 1.29 is 0 Å². The summed E-state index contributed by atoms with van der Waals surface area (Å²) in [4.78, 5) is 2.54. The Bertz CT molecular complexity index is 376. The second-order valence-corrected chi connectivity index (χ2v) is 6.50. The third kappa shape index (κ3) is 3.80. The normalized spacial score (nSPS) is 21.1. The number of hydrogen-bond acceptors (Lipinski definition) is 2. The van der Waals surface area contributed by atoms with Crippen LogP contribution in [0.3, 0.4) is 0 Å². The van der Waals surface area contributed by atoms with Gasteiger partial charge in [0.1, 0.15) is 0 Å². The SMILES string of the molecule is CC1(C)CNCCN(Cc2ccccc2Br)C1. The molecule has 0 radical (unpaired) electrons. The first-order valence-electron chi connectivity index (χ1n) is 6.23. The lowest BCUT2D eigenvalue weighted by Gasteiger charge is -2.29. The van der Waals surface area contributed by atoms with Crippen molar-refractivity contribution in [3.63, 3.8) is 0 Å². The summed E-state index contributed by atoms with van der Waals surface area (Å²) in [5.41, 5.74) is 1.74. The molecule has 0 spiro atoms. The second kappa shape index (κ2) is 5.51. The molecule has 1 aromatic rings. The number of hydrogen-bond donors (Lipinski definition) is 1. The van der Waals surface area contributed by atoms with Gasteiger partial charge in [-0.2, -0.15) is 0 Å². The molecule has 1 N–H and O–H groups in total. The lowest BCUT2D eigenvalue weighted by molar-refractivity contribution is 0.200. The van der Waals surface area contributed by atoms with E-state index in [1.165, 1.54) is 10.0 Å². The van der Waals surface area contributed by atoms with Gasteiger partial charge in [-0.3, -0.25) is 4.90 Å². The van der Waals surface area contributed by atoms with Gasteiger partial charge in [0.25, 0.3) is 0 Å². The molecule has 1 aliphatic rings. The van der Waals surface area contributed by atoms with Gasteiger partial charge in [0.15, 0.2) is 0 Å². The van der Waals surface area contributed by atoms with Crippen LogP contribution in [0, 0.1) is 5.41 Å². The Morgan fingerprint density at radius 3 is 2.88 bits per heavy atom. The van der Waals surface area contributed by atoms with Crippen molar-refractivity contribution in [1.29, 1.82) is 0 Å². The summed E-state index contributed by atoms with van der Waals surface area (Å²) in [6.07, 6.45) is 0. The minimum absolute atomic E-state index is 0.359. The first-order valence-corrected chi connectivity index (χ1v) is 7.03. The highest BCUT2D eigenvalue weighted by Gasteiger charge is 2.24. The number of halogens is 1. The second-order valence-electron chi connectivity index (χ2n) is 5.64. The molecule has 3 heteroatoms. The number of rotatable bonds is 2. The fourth-order valence-electron chi connectivity index (χ4n) is 2.41. The van der Waals surface area contributed by atoms with Crippen LogP contribution in [-0.4, -0.2) is 31.1 Å². The highest BCUT2D eigenvalue weighted by molar-refractivity contribution is 9.10. The third-order valence-corrected chi connectivity index (χ3v) is 3.99. The van der Waals surface area contributed by atoms with Crippen LogP contribution >= 0.6 is 15.9 Å². The van der Waals surface area contributed by atoms with E-state index in [1.54, 1.807) is 0 Å². The van der Waals surface area contributed by atoms with E-state index < -0.39 is 0 Å². The third-order valence-electron chi connectivity index (χ3n) is 3.21. The van der Waals surface area contributed by atoms with Gasteiger partial charge in [-0.15, -0.1) is 0 Å². The predicted molar refractivity (Wildman–Crippen MR) is 76.1 cm³/mol. The molecule has 0 aliphatic carbocycles. The van der Waals surface area contributed by atoms with Crippen LogP contribution in [0.2, 0.25) is 0 Å². The van der Waals surface area contributed by atoms with E-state index in [-0.39, 0.29) is 0 Å². The monoisotopic (exact) mass is 296 g/mol. The maximum Gasteiger partial charge on any atom is 0.0245 e. The molecule has 1 aromatic carbocycles. The van der Waals surface area contributed by atoms with E-state index in [2.05, 4.69) is 64.3 Å². The van der Waals surface area contributed by atoms with Crippen molar-refractivity contribution >= 4 is 15.9 Å². The summed E-state index contributed by atoms with van der Waals surface area (Å²) in [6, 6.07) is 8.51. The van der Waals surface area contributed by atoms with Gasteiger partial charge in [-0.1, -0.05) is 48.0 Å². The zero-order valence-electron chi connectivity index (χ0n) is 10.7. The van der Waals surface area contributed by atoms with Crippen LogP contribution in [0.15, 0.2) is 28.7 Å². The van der Waals surface area contributed by atoms with E-state index in [0.29, 0.717) is 5.41 Å². The average Bonchev–Trinajstić information content (AvgIpc) is 2.43. The van der Waals surface area contributed by atoms with Crippen molar-refractivity contribution in [3.8, 4) is 0 Å². The summed E-state index contributed by atoms with van der Waals surface area (Å²) >= 11 is 3.63. The summed E-state index contributed by atoms with van der Waals surface area (Å²) < 4.78 is 1.22. The lowest BCUT2D eigenvalue weighted by Crippen LogP contribution is -2.34. The standard InChI is InChI=1S/C14H21BrN2/c1-14(2)10-16-7-8-17(11-14)9-12-5-3-4-6-13(12)15/h3-6,16H,7-11H2,1-2H3. The molecule has 0 saturated carbocycles. The zero-order valence-corrected chi connectivity index (χ0v) is 12.3. The number of nitrogens with one attached hydrogen (secondary N) is 1. The van der Waals surface area contributed by atoms with Gasteiger partial charge in [-0.05, 0) is 17.0 Å². The number of nitrogens with zero attached hydrogens (tertiary/aromatic N) is 1. The van der Waals surface area contributed by atoms with E-state index in [9.17, 15) is 0 Å². The molecule has 0 atom stereocenters. The first kappa shape index (κ1) is 13.1. The molecule has 1 fully saturated rings. The quantitative estimate of drug-likeness (QED) is 0.903. The van der Waals surface area contributed by atoms with Crippen LogP contribution in [-0.2, 0) is 6.54 Å². The molecule has 17 heavy (non-hydrogen) atoms. The molecule has 0 aromatic heterocycles. The topological polar surface area (TPSA) is 15.3 Å². The van der Waals surface area contributed by atoms with Crippen LogP contribution in [0.4, 0.5) is 0 Å². The first-order chi connectivity index (χ1) is 8.07. The van der Waals surface area contributed by atoms with E-state index in [0.717, 1.165) is 32.7 Å². The van der Waals surface area contributed by atoms with Gasteiger partial charge in [0.2, 0.25) is 0 Å². The molecule has 0 bridgehead atoms. The molecular formula is C14H21BrN2. The van der Waals surface area contributed by atoms with Gasteiger partial charge in [0.05, 0.1) is 0 Å². The van der Waals surface area contributed by atoms with Crippen LogP contribution in [0.25, 0.3) is 0 Å². The summed E-state index contributed by atoms with van der Waals surface area (Å²) in [6.45, 7) is 10.2. The smallest absolute Gasteiger partial charge is 0.0245 e. The fourth-order valence-corrected chi connectivity index (χ4v) is 2.82. The Morgan fingerprint density at radius 1 is 1.35 bits per heavy atom. The van der Waals surface area contributed by atoms with Gasteiger partial charge >= 0.3 is 0 Å². The maximum atomic E-state index is 3.63. The maximum absolute atomic E-state index is 3.63.